The van der Waals surface area contributed by atoms with Crippen molar-refractivity contribution in [3.05, 3.63) is 23.8 Å². The maximum Gasteiger partial charge on any atom is 0.308 e. The molecule has 0 spiro atoms. The molecule has 3 N–H and O–H groups in total. The summed E-state index contributed by atoms with van der Waals surface area (Å²) in [6.45, 7) is 1.77. The minimum Gasteiger partial charge on any atom is -0.508 e. The second-order valence-electron chi connectivity index (χ2n) is 3.56. The number of esters is 1. The smallest absolute Gasteiger partial charge is 0.308 e. The normalized spacial score (nSPS) is 12.1. The summed E-state index contributed by atoms with van der Waals surface area (Å²) in [5, 5.41) is 9.31. The van der Waals surface area contributed by atoms with Gasteiger partial charge in [-0.15, -0.1) is 0 Å². The van der Waals surface area contributed by atoms with Crippen molar-refractivity contribution in [1.82, 2.24) is 0 Å². The molecule has 0 aliphatic carbocycles. The van der Waals surface area contributed by atoms with Gasteiger partial charge in [0.05, 0.1) is 13.0 Å². The summed E-state index contributed by atoms with van der Waals surface area (Å²) in [6.07, 6.45) is 0.505. The van der Waals surface area contributed by atoms with E-state index >= 15 is 0 Å². The minimum atomic E-state index is -0.267. The number of hydrogen-bond donors (Lipinski definition) is 2. The summed E-state index contributed by atoms with van der Waals surface area (Å²) in [4.78, 5) is 11.2. The Morgan fingerprint density at radius 2 is 2.20 bits per heavy atom. The number of phenols is 1. The Morgan fingerprint density at radius 1 is 1.53 bits per heavy atom. The van der Waals surface area contributed by atoms with E-state index in [1.165, 1.54) is 13.2 Å². The van der Waals surface area contributed by atoms with Gasteiger partial charge < -0.3 is 15.6 Å². The lowest BCUT2D eigenvalue weighted by Gasteiger charge is -2.09. The van der Waals surface area contributed by atoms with E-state index < -0.39 is 0 Å². The van der Waals surface area contributed by atoms with Crippen LogP contribution in [0.5, 0.6) is 5.75 Å². The molecule has 82 valence electrons. The molecule has 1 unspecified atom stereocenters. The molecule has 1 rings (SSSR count). The molecule has 0 aromatic heterocycles. The summed E-state index contributed by atoms with van der Waals surface area (Å²) in [6, 6.07) is 4.79. The molecule has 0 saturated carbocycles. The van der Waals surface area contributed by atoms with Gasteiger partial charge in [-0.1, -0.05) is 6.92 Å². The van der Waals surface area contributed by atoms with Crippen molar-refractivity contribution >= 4 is 11.7 Å². The second kappa shape index (κ2) is 4.68. The molecule has 0 fully saturated rings. The van der Waals surface area contributed by atoms with Gasteiger partial charge in [0, 0.05) is 11.8 Å². The average Bonchev–Trinajstić information content (AvgIpc) is 2.14. The van der Waals surface area contributed by atoms with Gasteiger partial charge in [-0.3, -0.25) is 4.79 Å². The molecule has 0 heterocycles. The first-order valence-corrected chi connectivity index (χ1v) is 4.69. The molecule has 0 amide bonds. The number of nitrogen functional groups attached to an aromatic ring is 1. The maximum absolute atomic E-state index is 11.2. The molecule has 1 aromatic carbocycles. The Bertz CT molecular complexity index is 343. The van der Waals surface area contributed by atoms with Crippen LogP contribution in [0.25, 0.3) is 0 Å². The zero-order chi connectivity index (χ0) is 11.4. The lowest BCUT2D eigenvalue weighted by atomic mass is 10.0. The number of phenolic OH excluding ortho intramolecular Hbond substituents is 1. The Hall–Kier alpha value is -1.71. The van der Waals surface area contributed by atoms with E-state index in [-0.39, 0.29) is 17.6 Å². The van der Waals surface area contributed by atoms with Crippen LogP contribution in [0.15, 0.2) is 18.2 Å². The molecule has 0 radical (unpaired) electrons. The average molecular weight is 209 g/mol. The highest BCUT2D eigenvalue weighted by molar-refractivity contribution is 5.72. The molecule has 15 heavy (non-hydrogen) atoms. The molecule has 1 atom stereocenters. The summed E-state index contributed by atoms with van der Waals surface area (Å²) >= 11 is 0. The molecule has 0 bridgehead atoms. The number of anilines is 1. The molecule has 4 nitrogen and oxygen atoms in total. The third-order valence-corrected chi connectivity index (χ3v) is 2.15. The largest absolute Gasteiger partial charge is 0.508 e. The number of benzene rings is 1. The molecule has 0 aliphatic rings. The van der Waals surface area contributed by atoms with Gasteiger partial charge in [0.2, 0.25) is 0 Å². The van der Waals surface area contributed by atoms with Gasteiger partial charge in [-0.05, 0) is 24.1 Å². The summed E-state index contributed by atoms with van der Waals surface area (Å²) < 4.78 is 4.61. The van der Waals surface area contributed by atoms with Crippen LogP contribution >= 0.6 is 0 Å². The molecule has 0 saturated heterocycles. The molecule has 0 aliphatic heterocycles. The van der Waals surface area contributed by atoms with Crippen LogP contribution < -0.4 is 5.73 Å². The van der Waals surface area contributed by atoms with Crippen LogP contribution in [-0.4, -0.2) is 18.2 Å². The number of aromatic hydroxyl groups is 1. The SMILES string of the molecule is COC(=O)C(C)Cc1cc(N)cc(O)c1. The first-order valence-electron chi connectivity index (χ1n) is 4.69. The zero-order valence-electron chi connectivity index (χ0n) is 8.86. The van der Waals surface area contributed by atoms with E-state index in [9.17, 15) is 9.90 Å². The van der Waals surface area contributed by atoms with Crippen molar-refractivity contribution in [3.63, 3.8) is 0 Å². The topological polar surface area (TPSA) is 72.5 Å². The standard InChI is InChI=1S/C11H15NO3/c1-7(11(14)15-2)3-8-4-9(12)6-10(13)5-8/h4-7,13H,3,12H2,1-2H3. The number of nitrogens with two attached hydrogens (primary N) is 1. The summed E-state index contributed by atoms with van der Waals surface area (Å²) in [7, 11) is 1.36. The number of carbonyl (C=O) groups excluding carboxylic acids is 1. The number of rotatable bonds is 3. The van der Waals surface area contributed by atoms with Crippen LogP contribution in [0.1, 0.15) is 12.5 Å². The van der Waals surface area contributed by atoms with E-state index in [1.54, 1.807) is 19.1 Å². The maximum atomic E-state index is 11.2. The highest BCUT2D eigenvalue weighted by atomic mass is 16.5. The first kappa shape index (κ1) is 11.4. The van der Waals surface area contributed by atoms with E-state index in [1.807, 2.05) is 0 Å². The van der Waals surface area contributed by atoms with Crippen LogP contribution in [0.3, 0.4) is 0 Å². The molecular formula is C11H15NO3. The monoisotopic (exact) mass is 209 g/mol. The van der Waals surface area contributed by atoms with Crippen LogP contribution in [-0.2, 0) is 16.0 Å². The Labute approximate surface area is 88.7 Å². The minimum absolute atomic E-state index is 0.113. The van der Waals surface area contributed by atoms with Crippen molar-refractivity contribution in [3.8, 4) is 5.75 Å². The summed E-state index contributed by atoms with van der Waals surface area (Å²) in [5.74, 6) is -0.393. The summed E-state index contributed by atoms with van der Waals surface area (Å²) in [5.41, 5.74) is 6.88. The third kappa shape index (κ3) is 3.16. The van der Waals surface area contributed by atoms with E-state index in [0.717, 1.165) is 5.56 Å². The third-order valence-electron chi connectivity index (χ3n) is 2.15. The Balaban J connectivity index is 2.76. The molecule has 1 aromatic rings. The molecular weight excluding hydrogens is 194 g/mol. The predicted octanol–water partition coefficient (Wildman–Crippen LogP) is 1.33. The van der Waals surface area contributed by atoms with Gasteiger partial charge >= 0.3 is 5.97 Å². The highest BCUT2D eigenvalue weighted by Crippen LogP contribution is 2.20. The van der Waals surface area contributed by atoms with Gasteiger partial charge in [-0.25, -0.2) is 0 Å². The number of carbonyl (C=O) groups is 1. The highest BCUT2D eigenvalue weighted by Gasteiger charge is 2.14. The zero-order valence-corrected chi connectivity index (χ0v) is 8.86. The van der Waals surface area contributed by atoms with Gasteiger partial charge in [0.15, 0.2) is 0 Å². The fourth-order valence-corrected chi connectivity index (χ4v) is 1.46. The number of hydrogen-bond acceptors (Lipinski definition) is 4. The molecule has 4 heteroatoms. The number of ether oxygens (including phenoxy) is 1. The number of methoxy groups -OCH3 is 1. The van der Waals surface area contributed by atoms with Gasteiger partial charge in [-0.2, -0.15) is 0 Å². The van der Waals surface area contributed by atoms with E-state index in [4.69, 9.17) is 5.73 Å². The predicted molar refractivity (Wildman–Crippen MR) is 57.4 cm³/mol. The van der Waals surface area contributed by atoms with Gasteiger partial charge in [0.1, 0.15) is 5.75 Å². The van der Waals surface area contributed by atoms with Crippen molar-refractivity contribution in [2.75, 3.05) is 12.8 Å². The van der Waals surface area contributed by atoms with Crippen LogP contribution in [0, 0.1) is 5.92 Å². The quantitative estimate of drug-likeness (QED) is 0.581. The lowest BCUT2D eigenvalue weighted by Crippen LogP contribution is -2.15. The van der Waals surface area contributed by atoms with Crippen molar-refractivity contribution < 1.29 is 14.6 Å². The van der Waals surface area contributed by atoms with Gasteiger partial charge in [0.25, 0.3) is 0 Å². The fourth-order valence-electron chi connectivity index (χ4n) is 1.46. The van der Waals surface area contributed by atoms with E-state index in [0.29, 0.717) is 12.1 Å². The Kier molecular flexibility index (Phi) is 3.55. The lowest BCUT2D eigenvalue weighted by molar-refractivity contribution is -0.144. The van der Waals surface area contributed by atoms with Crippen molar-refractivity contribution in [1.29, 1.82) is 0 Å². The van der Waals surface area contributed by atoms with Crippen molar-refractivity contribution in [2.45, 2.75) is 13.3 Å². The van der Waals surface area contributed by atoms with Crippen LogP contribution in [0.4, 0.5) is 5.69 Å². The van der Waals surface area contributed by atoms with Crippen molar-refractivity contribution in [2.24, 2.45) is 5.92 Å². The first-order chi connectivity index (χ1) is 7.02. The second-order valence-corrected chi connectivity index (χ2v) is 3.56. The van der Waals surface area contributed by atoms with E-state index in [2.05, 4.69) is 4.74 Å². The van der Waals surface area contributed by atoms with Crippen LogP contribution in [0.2, 0.25) is 0 Å². The fraction of sp³-hybridized carbons (Fsp3) is 0.364. The Morgan fingerprint density at radius 3 is 2.73 bits per heavy atom.